The van der Waals surface area contributed by atoms with Crippen molar-refractivity contribution in [3.05, 3.63) is 0 Å². The Labute approximate surface area is 154 Å². The molecule has 0 amide bonds. The minimum absolute atomic E-state index is 0.195. The molecule has 0 saturated heterocycles. The average molecular weight is 362 g/mol. The van der Waals surface area contributed by atoms with Crippen molar-refractivity contribution < 1.29 is 9.90 Å². The van der Waals surface area contributed by atoms with Crippen LogP contribution >= 0.6 is 0 Å². The molecule has 0 aromatic heterocycles. The molecule has 0 fully saturated rings. The van der Waals surface area contributed by atoms with Crippen LogP contribution in [0.1, 0.15) is 40.5 Å². The molecule has 7 heteroatoms. The fourth-order valence-corrected chi connectivity index (χ4v) is 2.80. The van der Waals surface area contributed by atoms with Crippen molar-refractivity contribution in [1.82, 2.24) is 15.5 Å². The van der Waals surface area contributed by atoms with Gasteiger partial charge in [-0.25, -0.2) is 0 Å². The van der Waals surface area contributed by atoms with Crippen LogP contribution in [0.25, 0.3) is 0 Å². The van der Waals surface area contributed by atoms with Crippen LogP contribution < -0.4 is 22.1 Å². The molecule has 0 bridgehead atoms. The van der Waals surface area contributed by atoms with Crippen LogP contribution in [-0.4, -0.2) is 81.3 Å². The van der Waals surface area contributed by atoms with Crippen LogP contribution in [-0.2, 0) is 4.79 Å². The van der Waals surface area contributed by atoms with Gasteiger partial charge in [0.1, 0.15) is 6.29 Å². The van der Waals surface area contributed by atoms with Gasteiger partial charge in [0.2, 0.25) is 0 Å². The smallest absolute Gasteiger partial charge is 0.121 e. The molecule has 1 atom stereocenters. The fourth-order valence-electron chi connectivity index (χ4n) is 2.80. The minimum Gasteiger partial charge on any atom is -0.389 e. The molecule has 7 nitrogen and oxygen atoms in total. The monoisotopic (exact) mass is 361 g/mol. The Morgan fingerprint density at radius 2 is 1.68 bits per heavy atom. The molecular formula is C18H43N5O2. The van der Waals surface area contributed by atoms with Crippen LogP contribution in [0.3, 0.4) is 0 Å². The van der Waals surface area contributed by atoms with Gasteiger partial charge in [-0.3, -0.25) is 0 Å². The Balaban J connectivity index is 0. The summed E-state index contributed by atoms with van der Waals surface area (Å²) in [7, 11) is 1.86. The van der Waals surface area contributed by atoms with E-state index in [1.165, 1.54) is 0 Å². The minimum atomic E-state index is -0.576. The Kier molecular flexibility index (Phi) is 16.7. The molecule has 0 radical (unpaired) electrons. The lowest BCUT2D eigenvalue weighted by Crippen LogP contribution is -2.39. The van der Waals surface area contributed by atoms with Crippen molar-refractivity contribution in [3.63, 3.8) is 0 Å². The number of carbonyl (C=O) groups excluding carboxylic acids is 1. The lowest BCUT2D eigenvalue weighted by molar-refractivity contribution is -0.108. The van der Waals surface area contributed by atoms with Crippen molar-refractivity contribution in [2.75, 3.05) is 59.4 Å². The number of rotatable bonds is 13. The quantitative estimate of drug-likeness (QED) is 0.227. The molecule has 0 saturated carbocycles. The molecule has 0 aromatic rings. The molecule has 0 aliphatic heterocycles. The third-order valence-corrected chi connectivity index (χ3v) is 3.40. The van der Waals surface area contributed by atoms with E-state index >= 15 is 0 Å². The molecule has 0 rings (SSSR count). The molecule has 152 valence electrons. The number of hydrogen-bond acceptors (Lipinski definition) is 7. The van der Waals surface area contributed by atoms with E-state index in [9.17, 15) is 9.90 Å². The average Bonchev–Trinajstić information content (AvgIpc) is 2.47. The van der Waals surface area contributed by atoms with Crippen molar-refractivity contribution in [1.29, 1.82) is 0 Å². The number of nitrogens with zero attached hydrogens (tertiary/aromatic N) is 1. The number of nitrogens with two attached hydrogens (primary N) is 2. The van der Waals surface area contributed by atoms with Crippen molar-refractivity contribution in [2.24, 2.45) is 16.9 Å². The molecule has 7 N–H and O–H groups in total. The summed E-state index contributed by atoms with van der Waals surface area (Å²) in [5.74, 6) is 0. The number of likely N-dealkylation sites (N-methyl/N-ethyl adjacent to an activating group) is 1. The number of aldehydes is 1. The first-order valence-electron chi connectivity index (χ1n) is 9.25. The highest BCUT2D eigenvalue weighted by Crippen LogP contribution is 2.26. The van der Waals surface area contributed by atoms with Gasteiger partial charge in [-0.05, 0) is 25.8 Å². The molecular weight excluding hydrogens is 318 g/mol. The lowest BCUT2D eigenvalue weighted by Gasteiger charge is -2.30. The zero-order valence-corrected chi connectivity index (χ0v) is 17.1. The zero-order chi connectivity index (χ0) is 19.8. The van der Waals surface area contributed by atoms with Gasteiger partial charge in [0.05, 0.1) is 5.60 Å². The van der Waals surface area contributed by atoms with E-state index in [-0.39, 0.29) is 5.41 Å². The standard InChI is InChI=1S/C9H22N4O.C9H21NO/c10-2-4-12-5-8-13(7-3-11)6-1-9-14;1-8(2,3)6-9(4,11)7-10-5/h9,12H,1-8,10-11H2;10-11H,6-7H2,1-5H3. The van der Waals surface area contributed by atoms with Crippen LogP contribution in [0.2, 0.25) is 0 Å². The van der Waals surface area contributed by atoms with E-state index in [0.717, 1.165) is 45.4 Å². The Bertz CT molecular complexity index is 306. The summed E-state index contributed by atoms with van der Waals surface area (Å²) in [6, 6.07) is 0. The van der Waals surface area contributed by atoms with E-state index in [1.807, 2.05) is 14.0 Å². The second-order valence-electron chi connectivity index (χ2n) is 7.89. The largest absolute Gasteiger partial charge is 0.389 e. The van der Waals surface area contributed by atoms with Gasteiger partial charge in [-0.2, -0.15) is 0 Å². The lowest BCUT2D eigenvalue weighted by atomic mass is 9.83. The molecule has 0 aromatic carbocycles. The third kappa shape index (κ3) is 21.4. The van der Waals surface area contributed by atoms with Crippen LogP contribution in [0.5, 0.6) is 0 Å². The first-order valence-corrected chi connectivity index (χ1v) is 9.25. The summed E-state index contributed by atoms with van der Waals surface area (Å²) in [4.78, 5) is 12.4. The maximum absolute atomic E-state index is 10.2. The summed E-state index contributed by atoms with van der Waals surface area (Å²) >= 11 is 0. The predicted octanol–water partition coefficient (Wildman–Crippen LogP) is -0.223. The van der Waals surface area contributed by atoms with Gasteiger partial charge >= 0.3 is 0 Å². The molecule has 25 heavy (non-hydrogen) atoms. The maximum Gasteiger partial charge on any atom is 0.121 e. The number of carbonyl (C=O) groups is 1. The van der Waals surface area contributed by atoms with Crippen molar-refractivity contribution in [2.45, 2.75) is 46.1 Å². The first-order chi connectivity index (χ1) is 11.6. The molecule has 0 spiro atoms. The SMILES string of the molecule is CNCC(C)(O)CC(C)(C)C.NCCNCCN(CCN)CCC=O. The summed E-state index contributed by atoms with van der Waals surface area (Å²) < 4.78 is 0. The third-order valence-electron chi connectivity index (χ3n) is 3.40. The Morgan fingerprint density at radius 1 is 1.04 bits per heavy atom. The van der Waals surface area contributed by atoms with Crippen LogP contribution in [0, 0.1) is 5.41 Å². The highest BCUT2D eigenvalue weighted by atomic mass is 16.3. The fraction of sp³-hybridized carbons (Fsp3) is 0.944. The van der Waals surface area contributed by atoms with Crippen LogP contribution in [0.4, 0.5) is 0 Å². The van der Waals surface area contributed by atoms with E-state index in [0.29, 0.717) is 26.1 Å². The second-order valence-corrected chi connectivity index (χ2v) is 7.89. The maximum atomic E-state index is 10.2. The summed E-state index contributed by atoms with van der Waals surface area (Å²) in [6.07, 6.45) is 2.34. The topological polar surface area (TPSA) is 117 Å². The first kappa shape index (κ1) is 26.7. The van der Waals surface area contributed by atoms with E-state index in [2.05, 4.69) is 36.3 Å². The van der Waals surface area contributed by atoms with Gasteiger partial charge in [0, 0.05) is 58.8 Å². The molecule has 0 aliphatic rings. The number of hydrogen-bond donors (Lipinski definition) is 5. The van der Waals surface area contributed by atoms with E-state index < -0.39 is 5.60 Å². The predicted molar refractivity (Wildman–Crippen MR) is 107 cm³/mol. The summed E-state index contributed by atoms with van der Waals surface area (Å²) in [5, 5.41) is 16.0. The van der Waals surface area contributed by atoms with Gasteiger partial charge in [0.15, 0.2) is 0 Å². The highest BCUT2D eigenvalue weighted by Gasteiger charge is 2.26. The Hall–Kier alpha value is -0.570. The summed E-state index contributed by atoms with van der Waals surface area (Å²) in [6.45, 7) is 14.5. The molecule has 0 aliphatic carbocycles. The summed E-state index contributed by atoms with van der Waals surface area (Å²) in [5.41, 5.74) is 10.4. The molecule has 0 heterocycles. The van der Waals surface area contributed by atoms with Gasteiger partial charge in [0.25, 0.3) is 0 Å². The second kappa shape index (κ2) is 15.7. The van der Waals surface area contributed by atoms with E-state index in [1.54, 1.807) is 0 Å². The van der Waals surface area contributed by atoms with Gasteiger partial charge in [-0.15, -0.1) is 0 Å². The number of nitrogens with one attached hydrogen (secondary N) is 2. The van der Waals surface area contributed by atoms with Gasteiger partial charge < -0.3 is 36.9 Å². The van der Waals surface area contributed by atoms with E-state index in [4.69, 9.17) is 11.5 Å². The molecule has 1 unspecified atom stereocenters. The van der Waals surface area contributed by atoms with Crippen molar-refractivity contribution >= 4 is 6.29 Å². The van der Waals surface area contributed by atoms with Gasteiger partial charge in [-0.1, -0.05) is 20.8 Å². The van der Waals surface area contributed by atoms with Crippen LogP contribution in [0.15, 0.2) is 0 Å². The zero-order valence-electron chi connectivity index (χ0n) is 17.1. The highest BCUT2D eigenvalue weighted by molar-refractivity contribution is 5.49. The number of aliphatic hydroxyl groups is 1. The Morgan fingerprint density at radius 3 is 2.12 bits per heavy atom. The normalized spacial score (nSPS) is 14.0. The van der Waals surface area contributed by atoms with Crippen molar-refractivity contribution in [3.8, 4) is 0 Å².